The first kappa shape index (κ1) is 25.2. The molecule has 0 spiro atoms. The lowest BCUT2D eigenvalue weighted by Crippen LogP contribution is -2.47. The van der Waals surface area contributed by atoms with E-state index in [-0.39, 0.29) is 30.1 Å². The number of aliphatic hydroxyl groups excluding tert-OH is 1. The van der Waals surface area contributed by atoms with E-state index in [2.05, 4.69) is 31.9 Å². The molecule has 1 saturated heterocycles. The highest BCUT2D eigenvalue weighted by Crippen LogP contribution is 2.19. The lowest BCUT2D eigenvalue weighted by Gasteiger charge is -2.32. The molecule has 2 aromatic rings. The molecule has 1 aromatic carbocycles. The van der Waals surface area contributed by atoms with Crippen LogP contribution >= 0.6 is 47.3 Å². The Kier molecular flexibility index (Phi) is 11.3. The maximum absolute atomic E-state index is 9.81. The summed E-state index contributed by atoms with van der Waals surface area (Å²) in [5.41, 5.74) is 0. The molecule has 10 heteroatoms. The molecule has 0 radical (unpaired) electrons. The molecule has 0 bridgehead atoms. The van der Waals surface area contributed by atoms with E-state index in [0.717, 1.165) is 68.0 Å². The molecule has 0 unspecified atom stereocenters. The van der Waals surface area contributed by atoms with Gasteiger partial charge in [-0.1, -0.05) is 18.5 Å². The van der Waals surface area contributed by atoms with Crippen molar-refractivity contribution in [2.75, 3.05) is 31.9 Å². The Morgan fingerprint density at radius 2 is 2.03 bits per heavy atom. The zero-order chi connectivity index (χ0) is 20.5. The van der Waals surface area contributed by atoms with Gasteiger partial charge in [-0.3, -0.25) is 4.99 Å². The number of hydrogen-bond acceptors (Lipinski definition) is 5. The zero-order valence-electron chi connectivity index (χ0n) is 17.2. The third kappa shape index (κ3) is 7.90. The highest BCUT2D eigenvalue weighted by molar-refractivity contribution is 14.0. The molecule has 1 fully saturated rings. The molecule has 0 saturated carbocycles. The number of guanidine groups is 1. The number of aliphatic imine (C=N–C) groups is 1. The Bertz CT molecular complexity index is 780. The van der Waals surface area contributed by atoms with Crippen LogP contribution in [0.4, 0.5) is 0 Å². The Hall–Kier alpha value is -1.04. The van der Waals surface area contributed by atoms with E-state index >= 15 is 0 Å². The highest BCUT2D eigenvalue weighted by Gasteiger charge is 2.19. The monoisotopic (exact) mass is 564 g/mol. The number of piperidine rings is 1. The van der Waals surface area contributed by atoms with Crippen LogP contribution in [0.25, 0.3) is 0 Å². The molecule has 1 aromatic heterocycles. The van der Waals surface area contributed by atoms with Crippen LogP contribution < -0.4 is 5.32 Å². The third-order valence-electron chi connectivity index (χ3n) is 4.85. The van der Waals surface area contributed by atoms with Crippen molar-refractivity contribution in [3.63, 3.8) is 0 Å². The van der Waals surface area contributed by atoms with Crippen LogP contribution in [-0.2, 0) is 13.0 Å². The van der Waals surface area contributed by atoms with E-state index in [9.17, 15) is 5.11 Å². The SMILES string of the molecule is CCc1nncn1CCN=C(NCCSc1ccc(Cl)cc1)N1CCC(O)CC1.I. The van der Waals surface area contributed by atoms with Crippen molar-refractivity contribution < 1.29 is 5.11 Å². The number of nitrogens with one attached hydrogen (secondary N) is 1. The maximum Gasteiger partial charge on any atom is 0.194 e. The lowest BCUT2D eigenvalue weighted by molar-refractivity contribution is 0.108. The highest BCUT2D eigenvalue weighted by atomic mass is 127. The molecule has 0 amide bonds. The number of thioether (sulfide) groups is 1. The molecule has 0 atom stereocenters. The second-order valence-corrected chi connectivity index (χ2v) is 8.55. The summed E-state index contributed by atoms with van der Waals surface area (Å²) in [6, 6.07) is 7.91. The van der Waals surface area contributed by atoms with Gasteiger partial charge in [-0.25, -0.2) is 0 Å². The minimum Gasteiger partial charge on any atom is -0.393 e. The molecule has 7 nitrogen and oxygen atoms in total. The molecule has 0 aliphatic carbocycles. The van der Waals surface area contributed by atoms with Crippen LogP contribution in [0.15, 0.2) is 40.5 Å². The Morgan fingerprint density at radius 3 is 2.73 bits per heavy atom. The fourth-order valence-corrected chi connectivity index (χ4v) is 4.11. The van der Waals surface area contributed by atoms with Gasteiger partial charge in [0, 0.05) is 48.3 Å². The van der Waals surface area contributed by atoms with Crippen molar-refractivity contribution in [2.45, 2.75) is 43.7 Å². The van der Waals surface area contributed by atoms with Crippen LogP contribution in [0.5, 0.6) is 0 Å². The zero-order valence-corrected chi connectivity index (χ0v) is 21.1. The van der Waals surface area contributed by atoms with E-state index in [1.165, 1.54) is 4.90 Å². The van der Waals surface area contributed by atoms with Gasteiger partial charge in [0.25, 0.3) is 0 Å². The van der Waals surface area contributed by atoms with Gasteiger partial charge in [0.2, 0.25) is 0 Å². The summed E-state index contributed by atoms with van der Waals surface area (Å²) >= 11 is 7.73. The number of rotatable bonds is 8. The Labute approximate surface area is 204 Å². The summed E-state index contributed by atoms with van der Waals surface area (Å²) in [5, 5.41) is 22.2. The van der Waals surface area contributed by atoms with Crippen molar-refractivity contribution in [2.24, 2.45) is 4.99 Å². The number of hydrogen-bond donors (Lipinski definition) is 2. The lowest BCUT2D eigenvalue weighted by atomic mass is 10.1. The molecule has 1 aliphatic rings. The van der Waals surface area contributed by atoms with Gasteiger partial charge >= 0.3 is 0 Å². The van der Waals surface area contributed by atoms with Gasteiger partial charge in [0.15, 0.2) is 5.96 Å². The Balaban J connectivity index is 0.00000320. The van der Waals surface area contributed by atoms with Crippen molar-refractivity contribution in [1.29, 1.82) is 0 Å². The topological polar surface area (TPSA) is 78.6 Å². The van der Waals surface area contributed by atoms with E-state index in [4.69, 9.17) is 16.6 Å². The second-order valence-electron chi connectivity index (χ2n) is 6.95. The van der Waals surface area contributed by atoms with Crippen molar-refractivity contribution in [1.82, 2.24) is 25.0 Å². The van der Waals surface area contributed by atoms with Gasteiger partial charge in [0.1, 0.15) is 12.2 Å². The minimum absolute atomic E-state index is 0. The number of aryl methyl sites for hydroxylation is 1. The predicted octanol–water partition coefficient (Wildman–Crippen LogP) is 3.31. The van der Waals surface area contributed by atoms with Crippen molar-refractivity contribution in [3.05, 3.63) is 41.4 Å². The predicted molar refractivity (Wildman–Crippen MR) is 134 cm³/mol. The van der Waals surface area contributed by atoms with E-state index in [1.807, 2.05) is 24.3 Å². The average molecular weight is 565 g/mol. The summed E-state index contributed by atoms with van der Waals surface area (Å²) in [7, 11) is 0. The second kappa shape index (κ2) is 13.4. The number of aliphatic hydroxyl groups is 1. The largest absolute Gasteiger partial charge is 0.393 e. The van der Waals surface area contributed by atoms with Gasteiger partial charge in [0.05, 0.1) is 12.6 Å². The van der Waals surface area contributed by atoms with Crippen LogP contribution in [0.1, 0.15) is 25.6 Å². The molecule has 166 valence electrons. The molecular formula is C20H30ClIN6OS. The van der Waals surface area contributed by atoms with Crippen molar-refractivity contribution in [3.8, 4) is 0 Å². The standard InChI is InChI=1S/C20H29ClN6OS.HI/c1-2-19-25-24-15-27(19)13-9-22-20(26-11-7-17(28)8-12-26)23-10-14-29-18-5-3-16(21)4-6-18;/h3-6,15,17,28H,2,7-14H2,1H3,(H,22,23);1H. The van der Waals surface area contributed by atoms with E-state index in [0.29, 0.717) is 6.54 Å². The summed E-state index contributed by atoms with van der Waals surface area (Å²) < 4.78 is 2.05. The number of aromatic nitrogens is 3. The summed E-state index contributed by atoms with van der Waals surface area (Å²) in [5.74, 6) is 2.83. The van der Waals surface area contributed by atoms with Crippen molar-refractivity contribution >= 4 is 53.3 Å². The van der Waals surface area contributed by atoms with Crippen LogP contribution in [0.2, 0.25) is 5.02 Å². The number of halogens is 2. The molecule has 3 rings (SSSR count). The summed E-state index contributed by atoms with van der Waals surface area (Å²) in [4.78, 5) is 8.27. The quantitative estimate of drug-likeness (QED) is 0.168. The fraction of sp³-hybridized carbons (Fsp3) is 0.550. The third-order valence-corrected chi connectivity index (χ3v) is 6.11. The summed E-state index contributed by atoms with van der Waals surface area (Å²) in [6.07, 6.45) is 4.00. The smallest absolute Gasteiger partial charge is 0.194 e. The summed E-state index contributed by atoms with van der Waals surface area (Å²) in [6.45, 7) is 5.97. The first-order chi connectivity index (χ1) is 14.2. The molecule has 2 N–H and O–H groups in total. The van der Waals surface area contributed by atoms with Crippen LogP contribution in [0.3, 0.4) is 0 Å². The van der Waals surface area contributed by atoms with E-state index < -0.39 is 0 Å². The number of benzene rings is 1. The molecular weight excluding hydrogens is 535 g/mol. The average Bonchev–Trinajstić information content (AvgIpc) is 3.19. The maximum atomic E-state index is 9.81. The van der Waals surface area contributed by atoms with Gasteiger partial charge in [-0.2, -0.15) is 0 Å². The normalized spacial score (nSPS) is 15.2. The van der Waals surface area contributed by atoms with Crippen LogP contribution in [-0.4, -0.2) is 68.8 Å². The first-order valence-corrected chi connectivity index (χ1v) is 11.5. The van der Waals surface area contributed by atoms with Gasteiger partial charge < -0.3 is 19.9 Å². The minimum atomic E-state index is -0.197. The van der Waals surface area contributed by atoms with E-state index in [1.54, 1.807) is 18.1 Å². The number of likely N-dealkylation sites (tertiary alicyclic amines) is 1. The first-order valence-electron chi connectivity index (χ1n) is 10.1. The van der Waals surface area contributed by atoms with Gasteiger partial charge in [-0.05, 0) is 37.1 Å². The van der Waals surface area contributed by atoms with Crippen LogP contribution in [0, 0.1) is 0 Å². The molecule has 1 aliphatic heterocycles. The Morgan fingerprint density at radius 1 is 1.30 bits per heavy atom. The molecule has 2 heterocycles. The fourth-order valence-electron chi connectivity index (χ4n) is 3.21. The number of nitrogens with zero attached hydrogens (tertiary/aromatic N) is 5. The molecule has 30 heavy (non-hydrogen) atoms. The van der Waals surface area contributed by atoms with Gasteiger partial charge in [-0.15, -0.1) is 45.9 Å².